The Morgan fingerprint density at radius 3 is 2.71 bits per heavy atom. The van der Waals surface area contributed by atoms with Crippen molar-refractivity contribution in [2.75, 3.05) is 31.7 Å². The van der Waals surface area contributed by atoms with Gasteiger partial charge in [-0.1, -0.05) is 24.6 Å². The maximum atomic E-state index is 5.49. The normalized spacial score (nSPS) is 16.6. The molecule has 0 unspecified atom stereocenters. The molecule has 1 saturated heterocycles. The number of imidazole rings is 1. The van der Waals surface area contributed by atoms with E-state index in [1.807, 2.05) is 18.2 Å². The molecule has 5 rings (SSSR count). The predicted molar refractivity (Wildman–Crippen MR) is 110 cm³/mol. The van der Waals surface area contributed by atoms with Crippen molar-refractivity contribution < 1.29 is 9.47 Å². The number of likely N-dealkylation sites (tertiary alicyclic amines) is 1. The lowest BCUT2D eigenvalue weighted by atomic mass is 10.1. The minimum Gasteiger partial charge on any atom is -0.454 e. The Morgan fingerprint density at radius 2 is 1.79 bits per heavy atom. The van der Waals surface area contributed by atoms with Crippen molar-refractivity contribution in [2.24, 2.45) is 0 Å². The maximum absolute atomic E-state index is 5.49. The molecule has 3 heterocycles. The SMILES string of the molecule is c1ccc2c(c1)nc(NCc1ccc3c(c1)OCO3)n2CCN1CCCCC1. The number of nitrogens with one attached hydrogen (secondary N) is 1. The number of hydrogen-bond donors (Lipinski definition) is 1. The summed E-state index contributed by atoms with van der Waals surface area (Å²) in [5, 5.41) is 3.53. The van der Waals surface area contributed by atoms with Crippen LogP contribution in [0.4, 0.5) is 5.95 Å². The molecule has 1 fully saturated rings. The summed E-state index contributed by atoms with van der Waals surface area (Å²) in [5.41, 5.74) is 3.38. The Bertz CT molecular complexity index is 962. The van der Waals surface area contributed by atoms with Gasteiger partial charge in [0.2, 0.25) is 12.7 Å². The van der Waals surface area contributed by atoms with E-state index in [0.29, 0.717) is 13.3 Å². The summed E-state index contributed by atoms with van der Waals surface area (Å²) in [5.74, 6) is 2.56. The van der Waals surface area contributed by atoms with E-state index in [1.165, 1.54) is 37.9 Å². The fourth-order valence-electron chi connectivity index (χ4n) is 4.09. The summed E-state index contributed by atoms with van der Waals surface area (Å²) in [6, 6.07) is 14.5. The van der Waals surface area contributed by atoms with E-state index in [4.69, 9.17) is 14.5 Å². The highest BCUT2D eigenvalue weighted by molar-refractivity contribution is 5.78. The number of fused-ring (bicyclic) bond motifs is 2. The van der Waals surface area contributed by atoms with Gasteiger partial charge in [-0.05, 0) is 55.8 Å². The monoisotopic (exact) mass is 378 g/mol. The molecule has 1 N–H and O–H groups in total. The molecule has 0 atom stereocenters. The van der Waals surface area contributed by atoms with E-state index in [0.717, 1.165) is 41.6 Å². The van der Waals surface area contributed by atoms with Gasteiger partial charge in [0, 0.05) is 19.6 Å². The maximum Gasteiger partial charge on any atom is 0.231 e. The highest BCUT2D eigenvalue weighted by Gasteiger charge is 2.16. The van der Waals surface area contributed by atoms with Crippen molar-refractivity contribution in [2.45, 2.75) is 32.4 Å². The van der Waals surface area contributed by atoms with Gasteiger partial charge in [-0.2, -0.15) is 0 Å². The fraction of sp³-hybridized carbons (Fsp3) is 0.409. The first-order valence-corrected chi connectivity index (χ1v) is 10.2. The van der Waals surface area contributed by atoms with Crippen molar-refractivity contribution in [3.05, 3.63) is 48.0 Å². The lowest BCUT2D eigenvalue weighted by Crippen LogP contribution is -2.32. The molecule has 1 aromatic heterocycles. The number of anilines is 1. The highest BCUT2D eigenvalue weighted by atomic mass is 16.7. The van der Waals surface area contributed by atoms with E-state index in [-0.39, 0.29) is 0 Å². The van der Waals surface area contributed by atoms with Gasteiger partial charge in [0.15, 0.2) is 11.5 Å². The van der Waals surface area contributed by atoms with E-state index in [2.05, 4.69) is 39.0 Å². The molecule has 6 heteroatoms. The van der Waals surface area contributed by atoms with Crippen LogP contribution in [0.2, 0.25) is 0 Å². The van der Waals surface area contributed by atoms with Crippen LogP contribution >= 0.6 is 0 Å². The molecule has 28 heavy (non-hydrogen) atoms. The first kappa shape index (κ1) is 17.4. The lowest BCUT2D eigenvalue weighted by Gasteiger charge is -2.26. The summed E-state index contributed by atoms with van der Waals surface area (Å²) >= 11 is 0. The zero-order valence-electron chi connectivity index (χ0n) is 16.1. The molecular weight excluding hydrogens is 352 g/mol. The Hall–Kier alpha value is -2.73. The molecule has 0 bridgehead atoms. The van der Waals surface area contributed by atoms with Crippen LogP contribution in [0.1, 0.15) is 24.8 Å². The number of rotatable bonds is 6. The Morgan fingerprint density at radius 1 is 0.929 bits per heavy atom. The second-order valence-corrected chi connectivity index (χ2v) is 7.52. The number of para-hydroxylation sites is 2. The Labute approximate surface area is 165 Å². The molecule has 6 nitrogen and oxygen atoms in total. The zero-order valence-corrected chi connectivity index (χ0v) is 16.1. The number of ether oxygens (including phenoxy) is 2. The molecule has 0 radical (unpaired) electrons. The molecule has 0 amide bonds. The largest absolute Gasteiger partial charge is 0.454 e. The quantitative estimate of drug-likeness (QED) is 0.706. The van der Waals surface area contributed by atoms with Gasteiger partial charge in [0.05, 0.1) is 11.0 Å². The van der Waals surface area contributed by atoms with Crippen LogP contribution in [0.3, 0.4) is 0 Å². The minimum absolute atomic E-state index is 0.304. The second-order valence-electron chi connectivity index (χ2n) is 7.52. The third-order valence-electron chi connectivity index (χ3n) is 5.63. The molecule has 146 valence electrons. The third kappa shape index (κ3) is 3.52. The van der Waals surface area contributed by atoms with Crippen molar-refractivity contribution in [3.8, 4) is 11.5 Å². The topological polar surface area (TPSA) is 51.6 Å². The molecule has 2 aliphatic heterocycles. The molecule has 2 aliphatic rings. The summed E-state index contributed by atoms with van der Waals surface area (Å²) in [6.45, 7) is 5.45. The van der Waals surface area contributed by atoms with Crippen LogP contribution in [0.15, 0.2) is 42.5 Å². The van der Waals surface area contributed by atoms with Gasteiger partial charge in [0.25, 0.3) is 0 Å². The van der Waals surface area contributed by atoms with Gasteiger partial charge in [0.1, 0.15) is 0 Å². The van der Waals surface area contributed by atoms with Crippen molar-refractivity contribution in [1.29, 1.82) is 0 Å². The summed E-state index contributed by atoms with van der Waals surface area (Å²) in [6.07, 6.45) is 4.01. The Balaban J connectivity index is 1.34. The van der Waals surface area contributed by atoms with E-state index in [9.17, 15) is 0 Å². The molecule has 3 aromatic rings. The van der Waals surface area contributed by atoms with Gasteiger partial charge >= 0.3 is 0 Å². The smallest absolute Gasteiger partial charge is 0.231 e. The number of aromatic nitrogens is 2. The number of nitrogens with zero attached hydrogens (tertiary/aromatic N) is 3. The molecule has 0 spiro atoms. The van der Waals surface area contributed by atoms with E-state index in [1.54, 1.807) is 0 Å². The van der Waals surface area contributed by atoms with Gasteiger partial charge < -0.3 is 24.3 Å². The van der Waals surface area contributed by atoms with Gasteiger partial charge in [-0.25, -0.2) is 4.98 Å². The van der Waals surface area contributed by atoms with Crippen LogP contribution in [0, 0.1) is 0 Å². The molecule has 0 saturated carbocycles. The average Bonchev–Trinajstić information content (AvgIpc) is 3.35. The molecular formula is C22H26N4O2. The first-order valence-electron chi connectivity index (χ1n) is 10.2. The van der Waals surface area contributed by atoms with Crippen LogP contribution in [0.25, 0.3) is 11.0 Å². The number of hydrogen-bond acceptors (Lipinski definition) is 5. The zero-order chi connectivity index (χ0) is 18.8. The number of benzene rings is 2. The van der Waals surface area contributed by atoms with Crippen LogP contribution in [0.5, 0.6) is 11.5 Å². The van der Waals surface area contributed by atoms with Crippen LogP contribution in [-0.4, -0.2) is 40.9 Å². The average molecular weight is 378 g/mol. The highest BCUT2D eigenvalue weighted by Crippen LogP contribution is 2.32. The fourth-order valence-corrected chi connectivity index (χ4v) is 4.09. The van der Waals surface area contributed by atoms with Crippen LogP contribution < -0.4 is 14.8 Å². The van der Waals surface area contributed by atoms with Crippen LogP contribution in [-0.2, 0) is 13.1 Å². The van der Waals surface area contributed by atoms with Crippen molar-refractivity contribution in [3.63, 3.8) is 0 Å². The third-order valence-corrected chi connectivity index (χ3v) is 5.63. The summed E-state index contributed by atoms with van der Waals surface area (Å²) in [7, 11) is 0. The van der Waals surface area contributed by atoms with Crippen molar-refractivity contribution in [1.82, 2.24) is 14.5 Å². The van der Waals surface area contributed by atoms with Crippen molar-refractivity contribution >= 4 is 17.0 Å². The van der Waals surface area contributed by atoms with Gasteiger partial charge in [-0.15, -0.1) is 0 Å². The van der Waals surface area contributed by atoms with E-state index < -0.39 is 0 Å². The lowest BCUT2D eigenvalue weighted by molar-refractivity contribution is 0.174. The first-order chi connectivity index (χ1) is 13.9. The summed E-state index contributed by atoms with van der Waals surface area (Å²) < 4.78 is 13.2. The molecule has 0 aliphatic carbocycles. The summed E-state index contributed by atoms with van der Waals surface area (Å²) in [4.78, 5) is 7.41. The minimum atomic E-state index is 0.304. The van der Waals surface area contributed by atoms with Gasteiger partial charge in [-0.3, -0.25) is 0 Å². The number of piperidine rings is 1. The Kier molecular flexibility index (Phi) is 4.79. The van der Waals surface area contributed by atoms with E-state index >= 15 is 0 Å². The standard InChI is InChI=1S/C22H26N4O2/c1-4-10-25(11-5-1)12-13-26-19-7-3-2-6-18(19)24-22(26)23-15-17-8-9-20-21(14-17)28-16-27-20/h2-3,6-9,14H,1,4-5,10-13,15-16H2,(H,23,24). The second kappa shape index (κ2) is 7.72. The predicted octanol–water partition coefficient (Wildman–Crippen LogP) is 3.86. The molecule has 2 aromatic carbocycles.